The average Bonchev–Trinajstić information content (AvgIpc) is 1.37. The third kappa shape index (κ3) is 1.32. The highest BCUT2D eigenvalue weighted by molar-refractivity contribution is 4.65. The summed E-state index contributed by atoms with van der Waals surface area (Å²) in [6, 6.07) is 0. The maximum atomic E-state index is 4.73. The predicted octanol–water partition coefficient (Wildman–Crippen LogP) is 0.244. The van der Waals surface area contributed by atoms with E-state index in [-0.39, 0.29) is 0 Å². The average molecular weight is 55.1 g/mol. The van der Waals surface area contributed by atoms with Crippen LogP contribution in [-0.4, -0.2) is 0 Å². The van der Waals surface area contributed by atoms with E-state index in [1.54, 1.807) is 0 Å². The summed E-state index contributed by atoms with van der Waals surface area (Å²) >= 11 is 0. The molecule has 0 rings (SSSR count). The Kier molecular flexibility index (Phi) is 1.93. The molecule has 4 heavy (non-hydrogen) atoms. The highest BCUT2D eigenvalue weighted by Gasteiger charge is 1.21. The van der Waals surface area contributed by atoms with E-state index in [2.05, 4.69) is 12.3 Å². The molecule has 0 aromatic rings. The molecule has 0 heterocycles. The summed E-state index contributed by atoms with van der Waals surface area (Å²) in [6.07, 6.45) is 1.26. The summed E-state index contributed by atoms with van der Waals surface area (Å²) in [5, 5.41) is 0. The molecule has 0 saturated carbocycles. The largest absolute Gasteiger partial charge is 0.398 e. The molecule has 0 spiro atoms. The summed E-state index contributed by atoms with van der Waals surface area (Å²) in [5.74, 6) is 0. The Morgan fingerprint density at radius 2 is 2.25 bits per heavy atom. The van der Waals surface area contributed by atoms with Gasteiger partial charge in [0, 0.05) is 6.20 Å². The quantitative estimate of drug-likeness (QED) is 0.395. The summed E-state index contributed by atoms with van der Waals surface area (Å²) in [6.45, 7) is 3.17. The van der Waals surface area contributed by atoms with E-state index in [9.17, 15) is 0 Å². The van der Waals surface area contributed by atoms with Crippen LogP contribution >= 0.6 is 0 Å². The van der Waals surface area contributed by atoms with Crippen LogP contribution in [0, 0.1) is 0 Å². The normalized spacial score (nSPS) is 4.00. The van der Waals surface area contributed by atoms with Gasteiger partial charge in [-0.2, -0.15) is 0 Å². The predicted molar refractivity (Wildman–Crippen MR) is 17.9 cm³/mol. The Labute approximate surface area is 25.4 Å². The van der Waals surface area contributed by atoms with Gasteiger partial charge in [-0.3, -0.25) is 0 Å². The first-order chi connectivity index (χ1) is 1.91. The van der Waals surface area contributed by atoms with E-state index in [1.807, 2.05) is 0 Å². The van der Waals surface area contributed by atoms with Gasteiger partial charge in [0.25, 0.3) is 0 Å². The lowest BCUT2D eigenvalue weighted by molar-refractivity contribution is 1.63. The lowest BCUT2D eigenvalue weighted by Gasteiger charge is -1.44. The van der Waals surface area contributed by atoms with Crippen LogP contribution in [0.15, 0.2) is 18.5 Å². The second-order valence-electron chi connectivity index (χ2n) is 0.371. The highest BCUT2D eigenvalue weighted by atomic mass is 14.5. The van der Waals surface area contributed by atoms with Crippen LogP contribution in [0.3, 0.4) is 0 Å². The molecule has 0 aliphatic heterocycles. The van der Waals surface area contributed by atoms with Crippen molar-refractivity contribution in [3.63, 3.8) is 0 Å². The Bertz CT molecular complexity index is 41.2. The van der Waals surface area contributed by atoms with Crippen LogP contribution < -0.4 is 5.73 Å². The van der Waals surface area contributed by atoms with Gasteiger partial charge in [-0.1, -0.05) is 6.58 Å². The van der Waals surface area contributed by atoms with Gasteiger partial charge in [0.1, 0.15) is 0 Å². The summed E-state index contributed by atoms with van der Waals surface area (Å²) in [4.78, 5) is 0. The summed E-state index contributed by atoms with van der Waals surface area (Å²) in [7, 11) is 0. The van der Waals surface area contributed by atoms with E-state index in [1.165, 1.54) is 6.20 Å². The maximum absolute atomic E-state index is 4.73. The number of hydrogen-bond donors (Lipinski definition) is 1. The number of rotatable bonds is 0. The van der Waals surface area contributed by atoms with Crippen molar-refractivity contribution in [2.24, 2.45) is 5.73 Å². The van der Waals surface area contributed by atoms with Crippen molar-refractivity contribution in [3.8, 4) is 0 Å². The molecule has 22 valence electrons. The second kappa shape index (κ2) is 2.32. The molecule has 0 aliphatic carbocycles. The molecule has 2 N–H and O–H groups in total. The van der Waals surface area contributed by atoms with E-state index < -0.39 is 0 Å². The number of hydrogen-bond acceptors (Lipinski definition) is 1. The molecule has 1 heteroatoms. The Hall–Kier alpha value is -0.680. The number of nitrogens with two attached hydrogens (primary N) is 1. The first-order valence-electron chi connectivity index (χ1n) is 0.976. The Morgan fingerprint density at radius 1 is 2.00 bits per heavy atom. The zero-order chi connectivity index (χ0) is 3.41. The first kappa shape index (κ1) is 3.32. The fraction of sp³-hybridized carbons (Fsp3) is 0. The van der Waals surface area contributed by atoms with Crippen LogP contribution in [0.4, 0.5) is 0 Å². The molecule has 0 radical (unpaired) electrons. The molecular weight excluding hydrogens is 50.0 g/mol. The van der Waals surface area contributed by atoms with Crippen molar-refractivity contribution in [2.75, 3.05) is 0 Å². The minimum Gasteiger partial charge on any atom is -0.398 e. The zero-order valence-corrected chi connectivity index (χ0v) is 2.36. The molecule has 0 atom stereocenters. The maximum Gasteiger partial charge on any atom is 0.0365 e. The molecule has 0 aromatic heterocycles. The lowest BCUT2D eigenvalue weighted by atomic mass is 10.9. The smallest absolute Gasteiger partial charge is 0.0365 e. The van der Waals surface area contributed by atoms with Crippen molar-refractivity contribution in [2.45, 2.75) is 0 Å². The minimum atomic E-state index is 1.26. The zero-order valence-electron chi connectivity index (χ0n) is 2.36. The van der Waals surface area contributed by atoms with Crippen LogP contribution in [0.2, 0.25) is 0 Å². The topological polar surface area (TPSA) is 26.0 Å². The minimum absolute atomic E-state index is 1.26. The van der Waals surface area contributed by atoms with Gasteiger partial charge in [0.15, 0.2) is 0 Å². The lowest BCUT2D eigenvalue weighted by Crippen LogP contribution is -1.68. The molecule has 0 unspecified atom stereocenters. The third-order valence-corrected chi connectivity index (χ3v) is 0.118. The summed E-state index contributed by atoms with van der Waals surface area (Å²) in [5.41, 5.74) is 7.06. The van der Waals surface area contributed by atoms with Crippen LogP contribution in [0.25, 0.3) is 0 Å². The fourth-order valence-corrected chi connectivity index (χ4v) is 0. The standard InChI is InChI=1S/C3H5N/c1-2-3-4/h3H,1,4H2. The molecule has 0 amide bonds. The van der Waals surface area contributed by atoms with Crippen molar-refractivity contribution in [1.82, 2.24) is 0 Å². The van der Waals surface area contributed by atoms with E-state index in [0.29, 0.717) is 0 Å². The first-order valence-corrected chi connectivity index (χ1v) is 0.976. The van der Waals surface area contributed by atoms with Gasteiger partial charge in [-0.05, 0) is 0 Å². The Morgan fingerprint density at radius 3 is 2.25 bits per heavy atom. The van der Waals surface area contributed by atoms with Crippen LogP contribution in [-0.2, 0) is 0 Å². The fourth-order valence-electron chi connectivity index (χ4n) is 0. The molecule has 0 saturated heterocycles. The summed E-state index contributed by atoms with van der Waals surface area (Å²) < 4.78 is 0. The van der Waals surface area contributed by atoms with Gasteiger partial charge in [0.2, 0.25) is 0 Å². The van der Waals surface area contributed by atoms with Crippen molar-refractivity contribution >= 4 is 0 Å². The van der Waals surface area contributed by atoms with Crippen molar-refractivity contribution < 1.29 is 0 Å². The Balaban J connectivity index is 3.11. The molecule has 1 nitrogen and oxygen atoms in total. The van der Waals surface area contributed by atoms with E-state index >= 15 is 0 Å². The highest BCUT2D eigenvalue weighted by Crippen LogP contribution is 1.30. The SMILES string of the molecule is C=C=CN. The second-order valence-corrected chi connectivity index (χ2v) is 0.371. The van der Waals surface area contributed by atoms with Gasteiger partial charge < -0.3 is 5.73 Å². The molecular formula is C3H5N. The van der Waals surface area contributed by atoms with Gasteiger partial charge in [-0.15, -0.1) is 5.73 Å². The third-order valence-electron chi connectivity index (χ3n) is 0.118. The molecule has 0 fully saturated rings. The van der Waals surface area contributed by atoms with Gasteiger partial charge in [-0.25, -0.2) is 0 Å². The van der Waals surface area contributed by atoms with Crippen LogP contribution in [0.5, 0.6) is 0 Å². The van der Waals surface area contributed by atoms with Gasteiger partial charge in [0.05, 0.1) is 0 Å². The van der Waals surface area contributed by atoms with Gasteiger partial charge >= 0.3 is 0 Å². The van der Waals surface area contributed by atoms with Crippen molar-refractivity contribution in [1.29, 1.82) is 0 Å². The van der Waals surface area contributed by atoms with E-state index in [4.69, 9.17) is 5.73 Å². The molecule has 0 aromatic carbocycles. The van der Waals surface area contributed by atoms with Crippen molar-refractivity contribution in [3.05, 3.63) is 18.5 Å². The van der Waals surface area contributed by atoms with E-state index in [0.717, 1.165) is 0 Å². The van der Waals surface area contributed by atoms with Crippen LogP contribution in [0.1, 0.15) is 0 Å². The molecule has 0 aliphatic rings. The molecule has 0 bridgehead atoms. The monoisotopic (exact) mass is 55.0 g/mol.